The van der Waals surface area contributed by atoms with Gasteiger partial charge in [-0.15, -0.1) is 6.42 Å². The first-order valence-electron chi connectivity index (χ1n) is 7.91. The van der Waals surface area contributed by atoms with Crippen molar-refractivity contribution in [2.75, 3.05) is 20.3 Å². The topological polar surface area (TPSA) is 51.5 Å². The normalized spacial score (nSPS) is 10.6. The summed E-state index contributed by atoms with van der Waals surface area (Å²) in [5.41, 5.74) is 2.13. The fourth-order valence-electron chi connectivity index (χ4n) is 2.31. The number of halogens is 1. The molecular weight excluding hydrogens is 394 g/mol. The van der Waals surface area contributed by atoms with E-state index in [9.17, 15) is 5.26 Å². The maximum absolute atomic E-state index is 9.54. The maximum atomic E-state index is 9.54. The SMILES string of the molecule is C#CCOc1c(Br)cc(/C=C(\C#N)c2ccc(OC)cc2)cc1OCC. The van der Waals surface area contributed by atoms with Crippen LogP contribution in [0.5, 0.6) is 17.2 Å². The minimum atomic E-state index is 0.142. The molecule has 0 heterocycles. The van der Waals surface area contributed by atoms with Crippen LogP contribution in [0.1, 0.15) is 18.1 Å². The second-order valence-corrected chi connectivity index (χ2v) is 6.01. The molecule has 0 radical (unpaired) electrons. The third-order valence-electron chi connectivity index (χ3n) is 3.46. The van der Waals surface area contributed by atoms with Crippen molar-refractivity contribution >= 4 is 27.6 Å². The van der Waals surface area contributed by atoms with Gasteiger partial charge in [-0.3, -0.25) is 0 Å². The molecule has 0 unspecified atom stereocenters. The van der Waals surface area contributed by atoms with Crippen LogP contribution in [0.25, 0.3) is 11.6 Å². The predicted octanol–water partition coefficient (Wildman–Crippen LogP) is 4.93. The number of hydrogen-bond acceptors (Lipinski definition) is 4. The number of methoxy groups -OCH3 is 1. The van der Waals surface area contributed by atoms with Gasteiger partial charge in [0.25, 0.3) is 0 Å². The van der Waals surface area contributed by atoms with Gasteiger partial charge in [0, 0.05) is 0 Å². The van der Waals surface area contributed by atoms with E-state index in [4.69, 9.17) is 20.6 Å². The van der Waals surface area contributed by atoms with E-state index < -0.39 is 0 Å². The summed E-state index contributed by atoms with van der Waals surface area (Å²) in [7, 11) is 1.60. The number of nitrogens with zero attached hydrogens (tertiary/aromatic N) is 1. The minimum Gasteiger partial charge on any atom is -0.497 e. The van der Waals surface area contributed by atoms with Gasteiger partial charge in [-0.2, -0.15) is 5.26 Å². The maximum Gasteiger partial charge on any atom is 0.176 e. The minimum absolute atomic E-state index is 0.142. The largest absolute Gasteiger partial charge is 0.497 e. The van der Waals surface area contributed by atoms with E-state index >= 15 is 0 Å². The molecule has 0 amide bonds. The van der Waals surface area contributed by atoms with Crippen molar-refractivity contribution in [2.45, 2.75) is 6.92 Å². The summed E-state index contributed by atoms with van der Waals surface area (Å²) in [6.45, 7) is 2.51. The quantitative estimate of drug-likeness (QED) is 0.368. The lowest BCUT2D eigenvalue weighted by atomic mass is 10.0. The van der Waals surface area contributed by atoms with Crippen molar-refractivity contribution in [3.63, 3.8) is 0 Å². The van der Waals surface area contributed by atoms with Crippen LogP contribution in [-0.2, 0) is 0 Å². The van der Waals surface area contributed by atoms with Crippen LogP contribution in [0.15, 0.2) is 40.9 Å². The number of hydrogen-bond donors (Lipinski definition) is 0. The summed E-state index contributed by atoms with van der Waals surface area (Å²) in [4.78, 5) is 0. The van der Waals surface area contributed by atoms with Crippen LogP contribution in [-0.4, -0.2) is 20.3 Å². The molecule has 0 spiro atoms. The number of ether oxygens (including phenoxy) is 3. The van der Waals surface area contributed by atoms with Crippen LogP contribution in [0.2, 0.25) is 0 Å². The summed E-state index contributed by atoms with van der Waals surface area (Å²) in [5, 5.41) is 9.54. The molecule has 2 aromatic rings. The zero-order valence-electron chi connectivity index (χ0n) is 14.6. The van der Waals surface area contributed by atoms with Crippen molar-refractivity contribution in [3.8, 4) is 35.7 Å². The Morgan fingerprint density at radius 2 is 1.96 bits per heavy atom. The molecule has 0 N–H and O–H groups in total. The molecule has 0 bridgehead atoms. The van der Waals surface area contributed by atoms with Gasteiger partial charge in [-0.25, -0.2) is 0 Å². The van der Waals surface area contributed by atoms with Gasteiger partial charge in [-0.1, -0.05) is 5.92 Å². The smallest absolute Gasteiger partial charge is 0.176 e. The highest BCUT2D eigenvalue weighted by atomic mass is 79.9. The molecule has 0 aliphatic rings. The van der Waals surface area contributed by atoms with Gasteiger partial charge in [0.2, 0.25) is 0 Å². The monoisotopic (exact) mass is 411 g/mol. The summed E-state index contributed by atoms with van der Waals surface area (Å²) >= 11 is 3.48. The Morgan fingerprint density at radius 1 is 1.23 bits per heavy atom. The third kappa shape index (κ3) is 4.81. The van der Waals surface area contributed by atoms with E-state index in [0.717, 1.165) is 16.9 Å². The zero-order chi connectivity index (χ0) is 18.9. The lowest BCUT2D eigenvalue weighted by Crippen LogP contribution is -2.00. The first-order chi connectivity index (χ1) is 12.6. The Morgan fingerprint density at radius 3 is 2.54 bits per heavy atom. The second kappa shape index (κ2) is 9.56. The van der Waals surface area contributed by atoms with Crippen molar-refractivity contribution < 1.29 is 14.2 Å². The number of nitriles is 1. The standard InChI is InChI=1S/C21H18BrNO3/c1-4-10-26-21-19(22)12-15(13-20(21)25-5-2)11-17(14-23)16-6-8-18(24-3)9-7-16/h1,6-9,11-13H,5,10H2,2-3H3/b17-11+. The average molecular weight is 412 g/mol. The van der Waals surface area contributed by atoms with Gasteiger partial charge < -0.3 is 14.2 Å². The number of benzene rings is 2. The molecule has 0 fully saturated rings. The third-order valence-corrected chi connectivity index (χ3v) is 4.05. The molecule has 0 saturated carbocycles. The second-order valence-electron chi connectivity index (χ2n) is 5.15. The van der Waals surface area contributed by atoms with Crippen molar-refractivity contribution in [1.29, 1.82) is 5.26 Å². The van der Waals surface area contributed by atoms with Gasteiger partial charge in [0.15, 0.2) is 11.5 Å². The highest BCUT2D eigenvalue weighted by molar-refractivity contribution is 9.10. The average Bonchev–Trinajstić information content (AvgIpc) is 2.66. The van der Waals surface area contributed by atoms with Crippen LogP contribution in [0, 0.1) is 23.7 Å². The number of terminal acetylenes is 1. The summed E-state index contributed by atoms with van der Waals surface area (Å²) in [6.07, 6.45) is 7.06. The van der Waals surface area contributed by atoms with Crippen LogP contribution >= 0.6 is 15.9 Å². The fraction of sp³-hybridized carbons (Fsp3) is 0.190. The number of rotatable bonds is 7. The lowest BCUT2D eigenvalue weighted by Gasteiger charge is -2.13. The molecular formula is C21H18BrNO3. The highest BCUT2D eigenvalue weighted by Gasteiger charge is 2.12. The summed E-state index contributed by atoms with van der Waals surface area (Å²) in [6, 6.07) is 13.2. The Hall–Kier alpha value is -2.89. The van der Waals surface area contributed by atoms with Crippen molar-refractivity contribution in [3.05, 3.63) is 52.0 Å². The summed E-state index contributed by atoms with van der Waals surface area (Å²) in [5.74, 6) is 4.29. The molecule has 26 heavy (non-hydrogen) atoms. The molecule has 4 nitrogen and oxygen atoms in total. The van der Waals surface area contributed by atoms with E-state index in [-0.39, 0.29) is 6.61 Å². The van der Waals surface area contributed by atoms with Gasteiger partial charge in [0.1, 0.15) is 12.4 Å². The lowest BCUT2D eigenvalue weighted by molar-refractivity contribution is 0.298. The highest BCUT2D eigenvalue weighted by Crippen LogP contribution is 2.38. The predicted molar refractivity (Wildman–Crippen MR) is 106 cm³/mol. The molecule has 0 aromatic heterocycles. The first-order valence-corrected chi connectivity index (χ1v) is 8.71. The van der Waals surface area contributed by atoms with Crippen molar-refractivity contribution in [2.24, 2.45) is 0 Å². The Kier molecular flexibility index (Phi) is 7.14. The molecule has 132 valence electrons. The molecule has 5 heteroatoms. The van der Waals surface area contributed by atoms with Crippen LogP contribution in [0.3, 0.4) is 0 Å². The zero-order valence-corrected chi connectivity index (χ0v) is 16.2. The van der Waals surface area contributed by atoms with Crippen LogP contribution in [0.4, 0.5) is 0 Å². The molecule has 0 aliphatic heterocycles. The van der Waals surface area contributed by atoms with Gasteiger partial charge in [-0.05, 0) is 76.5 Å². The molecule has 0 atom stereocenters. The van der Waals surface area contributed by atoms with Crippen molar-refractivity contribution in [1.82, 2.24) is 0 Å². The van der Waals surface area contributed by atoms with E-state index in [1.807, 2.05) is 43.3 Å². The summed E-state index contributed by atoms with van der Waals surface area (Å²) < 4.78 is 17.1. The van der Waals surface area contributed by atoms with E-state index in [2.05, 4.69) is 27.9 Å². The molecule has 0 saturated heterocycles. The molecule has 0 aliphatic carbocycles. The fourth-order valence-corrected chi connectivity index (χ4v) is 2.88. The molecule has 2 aromatic carbocycles. The Labute approximate surface area is 162 Å². The van der Waals surface area contributed by atoms with Gasteiger partial charge >= 0.3 is 0 Å². The van der Waals surface area contributed by atoms with Crippen LogP contribution < -0.4 is 14.2 Å². The Balaban J connectivity index is 2.43. The molecule has 2 rings (SSSR count). The van der Waals surface area contributed by atoms with E-state index in [1.165, 1.54) is 0 Å². The van der Waals surface area contributed by atoms with Gasteiger partial charge in [0.05, 0.1) is 29.8 Å². The van der Waals surface area contributed by atoms with E-state index in [0.29, 0.717) is 28.2 Å². The first kappa shape index (κ1) is 19.4. The number of allylic oxidation sites excluding steroid dienone is 1. The Bertz CT molecular complexity index is 874. The van der Waals surface area contributed by atoms with E-state index in [1.54, 1.807) is 13.2 Å².